The fourth-order valence-electron chi connectivity index (χ4n) is 0.969. The third-order valence-corrected chi connectivity index (χ3v) is 1.49. The summed E-state index contributed by atoms with van der Waals surface area (Å²) in [7, 11) is 0. The van der Waals surface area contributed by atoms with Crippen LogP contribution in [0, 0.1) is 13.8 Å². The predicted octanol–water partition coefficient (Wildman–Crippen LogP) is 2.18. The van der Waals surface area contributed by atoms with Gasteiger partial charge in [0.05, 0.1) is 0 Å². The molecule has 21 heavy (non-hydrogen) atoms. The molecule has 1 heterocycles. The number of rotatable bonds is 0. The first-order valence-corrected chi connectivity index (χ1v) is 4.23. The van der Waals surface area contributed by atoms with E-state index in [4.69, 9.17) is 0 Å². The summed E-state index contributed by atoms with van der Waals surface area (Å²) in [6.07, 6.45) is 2.42. The van der Waals surface area contributed by atoms with Crippen molar-refractivity contribution >= 4 is 10.9 Å². The molecule has 0 bridgehead atoms. The Morgan fingerprint density at radius 3 is 1.76 bits per heavy atom. The molecular weight excluding hydrogens is 798 g/mol. The first kappa shape index (κ1) is 50.6. The van der Waals surface area contributed by atoms with Crippen molar-refractivity contribution in [1.82, 2.24) is 9.97 Å². The zero-order chi connectivity index (χ0) is 9.68. The van der Waals surface area contributed by atoms with Gasteiger partial charge in [0.15, 0.2) is 0 Å². The minimum Gasteiger partial charge on any atom is -0.420 e. The van der Waals surface area contributed by atoms with Gasteiger partial charge in [-0.1, -0.05) is 38.1 Å². The van der Waals surface area contributed by atoms with Gasteiger partial charge in [-0.05, 0) is 10.9 Å². The van der Waals surface area contributed by atoms with E-state index >= 15 is 0 Å². The molecule has 0 saturated heterocycles. The number of aromatic amines is 1. The minimum absolute atomic E-state index is 0. The fraction of sp³-hybridized carbons (Fsp3) is 0.182. The summed E-state index contributed by atoms with van der Waals surface area (Å²) in [5.41, 5.74) is 0.534. The van der Waals surface area contributed by atoms with Gasteiger partial charge < -0.3 is 22.2 Å². The SMILES string of the molecule is CC.O=c1[nH][c-]nc2ccccc12.[CH3-].[Y].[Y].[Y].[Y].[Y].[Y].[Y]. The van der Waals surface area contributed by atoms with E-state index < -0.39 is 0 Å². The molecule has 0 aliphatic carbocycles. The van der Waals surface area contributed by atoms with Crippen LogP contribution in [-0.4, -0.2) is 9.97 Å². The monoisotopic (exact) mass is 812 g/mol. The Kier molecular flexibility index (Phi) is 81.1. The van der Waals surface area contributed by atoms with Crippen LogP contribution in [0.5, 0.6) is 0 Å². The fourth-order valence-corrected chi connectivity index (χ4v) is 0.969. The number of aromatic nitrogens is 2. The molecule has 10 heteroatoms. The van der Waals surface area contributed by atoms with Crippen molar-refractivity contribution in [1.29, 1.82) is 0 Å². The summed E-state index contributed by atoms with van der Waals surface area (Å²) in [5.74, 6) is 0. The summed E-state index contributed by atoms with van der Waals surface area (Å²) in [5, 5.41) is 0.603. The maximum atomic E-state index is 11.1. The van der Waals surface area contributed by atoms with Crippen LogP contribution in [-0.2, 0) is 229 Å². The van der Waals surface area contributed by atoms with Gasteiger partial charge in [0.2, 0.25) is 0 Å². The molecule has 0 amide bonds. The number of benzene rings is 1. The van der Waals surface area contributed by atoms with Crippen LogP contribution in [0.2, 0.25) is 0 Å². The average molecular weight is 813 g/mol. The molecule has 0 aliphatic rings. The van der Waals surface area contributed by atoms with E-state index in [9.17, 15) is 4.79 Å². The number of fused-ring (bicyclic) bond motifs is 1. The van der Waals surface area contributed by atoms with Gasteiger partial charge >= 0.3 is 0 Å². The number of H-pyrrole nitrogens is 1. The average Bonchev–Trinajstić information content (AvgIpc) is 2.22. The minimum atomic E-state index is -0.143. The predicted molar refractivity (Wildman–Crippen MR) is 59.0 cm³/mol. The van der Waals surface area contributed by atoms with Crippen molar-refractivity contribution in [3.8, 4) is 0 Å². The molecule has 1 aromatic carbocycles. The van der Waals surface area contributed by atoms with Gasteiger partial charge in [0.25, 0.3) is 0 Å². The van der Waals surface area contributed by atoms with E-state index in [-0.39, 0.29) is 242 Å². The van der Waals surface area contributed by atoms with Crippen molar-refractivity contribution in [2.45, 2.75) is 13.8 Å². The van der Waals surface area contributed by atoms with E-state index in [0.29, 0.717) is 10.9 Å². The van der Waals surface area contributed by atoms with Gasteiger partial charge in [-0.3, -0.25) is 0 Å². The number of para-hydroxylation sites is 1. The maximum absolute atomic E-state index is 11.1. The van der Waals surface area contributed by atoms with Crippen LogP contribution in [0.3, 0.4) is 0 Å². The third-order valence-electron chi connectivity index (χ3n) is 1.49. The smallest absolute Gasteiger partial charge is 0.143 e. The molecule has 0 saturated carbocycles. The van der Waals surface area contributed by atoms with E-state index in [1.807, 2.05) is 19.9 Å². The van der Waals surface area contributed by atoms with Crippen LogP contribution in [0.1, 0.15) is 13.8 Å². The third kappa shape index (κ3) is 20.6. The summed E-state index contributed by atoms with van der Waals surface area (Å²) in [6.45, 7) is 4.00. The van der Waals surface area contributed by atoms with Crippen LogP contribution in [0.25, 0.3) is 10.9 Å². The van der Waals surface area contributed by atoms with E-state index in [1.54, 1.807) is 18.2 Å². The Labute approximate surface area is 304 Å². The van der Waals surface area contributed by atoms with Crippen LogP contribution >= 0.6 is 0 Å². The van der Waals surface area contributed by atoms with E-state index in [1.165, 1.54) is 0 Å². The Morgan fingerprint density at radius 2 is 1.33 bits per heavy atom. The van der Waals surface area contributed by atoms with Crippen molar-refractivity contribution in [3.05, 3.63) is 48.4 Å². The molecule has 3 nitrogen and oxygen atoms in total. The van der Waals surface area contributed by atoms with E-state index in [2.05, 4.69) is 16.3 Å². The Hall–Kier alpha value is 6.09. The zero-order valence-electron chi connectivity index (χ0n) is 12.7. The number of hydrogen-bond acceptors (Lipinski definition) is 2. The van der Waals surface area contributed by atoms with Crippen LogP contribution in [0.4, 0.5) is 0 Å². The summed E-state index contributed by atoms with van der Waals surface area (Å²) < 4.78 is 0. The van der Waals surface area contributed by atoms with Gasteiger partial charge in [0.1, 0.15) is 5.56 Å². The van der Waals surface area contributed by atoms with Crippen LogP contribution < -0.4 is 5.56 Å². The van der Waals surface area contributed by atoms with Crippen molar-refractivity contribution in [2.75, 3.05) is 0 Å². The first-order valence-electron chi connectivity index (χ1n) is 4.23. The second-order valence-electron chi connectivity index (χ2n) is 2.19. The molecule has 1 N–H and O–H groups in total. The molecule has 7 radical (unpaired) electrons. The second kappa shape index (κ2) is 33.7. The molecule has 0 fully saturated rings. The second-order valence-corrected chi connectivity index (χ2v) is 2.19. The molecule has 1 aromatic heterocycles. The Bertz CT molecular complexity index is 448. The zero-order valence-corrected chi connectivity index (χ0v) is 32.6. The molecule has 0 aliphatic heterocycles. The number of hydrogen-bond donors (Lipinski definition) is 1. The standard InChI is InChI=1S/C8H5N2O.C2H6.CH3.7Y/c11-8-6-3-1-2-4-7(6)9-5-10-8;1-2;;;;;;;;/h1-4H,(H,9,10,11);1-2H3;1H3;;;;;;;/q-1;;-1;;;;;;;. The molecule has 2 aromatic rings. The molecular formula is C11H14N2OY7-2. The summed E-state index contributed by atoms with van der Waals surface area (Å²) in [4.78, 5) is 17.3. The Balaban J connectivity index is -0.0000000271. The van der Waals surface area contributed by atoms with Crippen molar-refractivity contribution in [2.24, 2.45) is 0 Å². The molecule has 97 valence electrons. The van der Waals surface area contributed by atoms with Crippen molar-refractivity contribution in [3.63, 3.8) is 0 Å². The Morgan fingerprint density at radius 1 is 0.905 bits per heavy atom. The summed E-state index contributed by atoms with van der Waals surface area (Å²) in [6, 6.07) is 7.15. The van der Waals surface area contributed by atoms with Gasteiger partial charge in [-0.2, -0.15) is 0 Å². The van der Waals surface area contributed by atoms with Gasteiger partial charge in [0, 0.05) is 235 Å². The maximum Gasteiger partial charge on any atom is 0.143 e. The van der Waals surface area contributed by atoms with E-state index in [0.717, 1.165) is 0 Å². The largest absolute Gasteiger partial charge is 0.420 e. The molecule has 2 rings (SSSR count). The molecule has 0 spiro atoms. The summed E-state index contributed by atoms with van der Waals surface area (Å²) >= 11 is 0. The normalized spacial score (nSPS) is 5.62. The molecule has 0 atom stereocenters. The van der Waals surface area contributed by atoms with Crippen molar-refractivity contribution < 1.29 is 229 Å². The topological polar surface area (TPSA) is 45.8 Å². The molecule has 0 unspecified atom stereocenters. The quantitative estimate of drug-likeness (QED) is 0.416. The number of nitrogens with one attached hydrogen (secondary N) is 1. The van der Waals surface area contributed by atoms with Gasteiger partial charge in [-0.25, -0.2) is 0 Å². The van der Waals surface area contributed by atoms with Crippen LogP contribution in [0.15, 0.2) is 29.1 Å². The first-order chi connectivity index (χ1) is 6.38. The number of nitrogens with zero attached hydrogens (tertiary/aromatic N) is 1. The van der Waals surface area contributed by atoms with Gasteiger partial charge in [-0.15, -0.1) is 0 Å².